The van der Waals surface area contributed by atoms with Crippen molar-refractivity contribution in [3.8, 4) is 0 Å². The van der Waals surface area contributed by atoms with Gasteiger partial charge >= 0.3 is 0 Å². The zero-order valence-electron chi connectivity index (χ0n) is 11.6. The van der Waals surface area contributed by atoms with Gasteiger partial charge in [-0.15, -0.1) is 4.83 Å². The van der Waals surface area contributed by atoms with Crippen LogP contribution < -0.4 is 10.1 Å². The predicted octanol–water partition coefficient (Wildman–Crippen LogP) is 0.278. The maximum absolute atomic E-state index is 12.0. The molecule has 1 aromatic rings. The van der Waals surface area contributed by atoms with E-state index in [9.17, 15) is 8.42 Å². The van der Waals surface area contributed by atoms with Crippen molar-refractivity contribution in [1.82, 2.24) is 19.7 Å². The molecule has 1 heterocycles. The lowest BCUT2D eigenvalue weighted by Gasteiger charge is -2.10. The monoisotopic (exact) mass is 274 g/mol. The zero-order valence-corrected chi connectivity index (χ0v) is 12.4. The summed E-state index contributed by atoms with van der Waals surface area (Å²) in [6.45, 7) is 4.74. The van der Waals surface area contributed by atoms with Crippen molar-refractivity contribution in [2.75, 3.05) is 14.1 Å². The number of hydrogen-bond donors (Lipinski definition) is 2. The largest absolute Gasteiger partial charge is 0.352 e. The third kappa shape index (κ3) is 4.09. The van der Waals surface area contributed by atoms with Crippen molar-refractivity contribution in [3.05, 3.63) is 18.0 Å². The average molecular weight is 274 g/mol. The number of rotatable bonds is 6. The molecular weight excluding hydrogens is 252 g/mol. The molecular formula is C11H22N4O2S. The molecule has 6 nitrogen and oxygen atoms in total. The second-order valence-corrected chi connectivity index (χ2v) is 6.46. The summed E-state index contributed by atoms with van der Waals surface area (Å²) in [6, 6.07) is 2.04. The Kier molecular flexibility index (Phi) is 4.92. The number of nitrogens with zero attached hydrogens (tertiary/aromatic N) is 2. The standard InChI is InChI=1S/C11H22N4O2S/c1-9(2)12-7-10-6-11(8-15(10)5)18(16,17)13-14(3)4/h6,8-9,12-13H,7H2,1-5H3. The van der Waals surface area contributed by atoms with E-state index < -0.39 is 10.0 Å². The van der Waals surface area contributed by atoms with E-state index in [2.05, 4.69) is 10.1 Å². The molecule has 2 N–H and O–H groups in total. The Morgan fingerprint density at radius 1 is 1.39 bits per heavy atom. The van der Waals surface area contributed by atoms with Gasteiger partial charge in [0, 0.05) is 45.6 Å². The molecule has 7 heteroatoms. The van der Waals surface area contributed by atoms with E-state index in [4.69, 9.17) is 0 Å². The van der Waals surface area contributed by atoms with Crippen LogP contribution in [0.3, 0.4) is 0 Å². The summed E-state index contributed by atoms with van der Waals surface area (Å²) in [6.07, 6.45) is 1.61. The summed E-state index contributed by atoms with van der Waals surface area (Å²) in [5.74, 6) is 0. The molecule has 0 radical (unpaired) electrons. The van der Waals surface area contributed by atoms with Crippen LogP contribution in [0.4, 0.5) is 0 Å². The second kappa shape index (κ2) is 5.83. The van der Waals surface area contributed by atoms with Crippen LogP contribution in [0.2, 0.25) is 0 Å². The summed E-state index contributed by atoms with van der Waals surface area (Å²) in [4.78, 5) is 2.69. The van der Waals surface area contributed by atoms with Crippen LogP contribution in [0.15, 0.2) is 17.2 Å². The van der Waals surface area contributed by atoms with Gasteiger partial charge in [0.2, 0.25) is 0 Å². The van der Waals surface area contributed by atoms with Crippen LogP contribution in [-0.4, -0.2) is 38.1 Å². The fourth-order valence-corrected chi connectivity index (χ4v) is 2.68. The molecule has 0 aliphatic heterocycles. The molecule has 0 unspecified atom stereocenters. The highest BCUT2D eigenvalue weighted by Crippen LogP contribution is 2.13. The summed E-state index contributed by atoms with van der Waals surface area (Å²) in [5.41, 5.74) is 0.933. The van der Waals surface area contributed by atoms with E-state index >= 15 is 0 Å². The third-order valence-corrected chi connectivity index (χ3v) is 3.84. The minimum absolute atomic E-state index is 0.277. The van der Waals surface area contributed by atoms with Gasteiger partial charge in [0.15, 0.2) is 0 Å². The fraction of sp³-hybridized carbons (Fsp3) is 0.636. The van der Waals surface area contributed by atoms with Crippen molar-refractivity contribution in [2.24, 2.45) is 7.05 Å². The van der Waals surface area contributed by atoms with Crippen LogP contribution in [0.1, 0.15) is 19.5 Å². The Hall–Kier alpha value is -0.890. The quantitative estimate of drug-likeness (QED) is 0.731. The zero-order chi connectivity index (χ0) is 13.9. The molecule has 18 heavy (non-hydrogen) atoms. The molecule has 0 amide bonds. The number of aromatic nitrogens is 1. The Morgan fingerprint density at radius 2 is 2.00 bits per heavy atom. The van der Waals surface area contributed by atoms with E-state index in [1.807, 2.05) is 25.5 Å². The van der Waals surface area contributed by atoms with Gasteiger partial charge in [-0.1, -0.05) is 13.8 Å². The van der Waals surface area contributed by atoms with Gasteiger partial charge in [-0.3, -0.25) is 0 Å². The number of hydrazine groups is 1. The molecule has 0 aromatic carbocycles. The van der Waals surface area contributed by atoms with Gasteiger partial charge in [0.25, 0.3) is 10.0 Å². The first kappa shape index (κ1) is 15.2. The lowest BCUT2D eigenvalue weighted by atomic mass is 10.3. The van der Waals surface area contributed by atoms with Crippen LogP contribution in [-0.2, 0) is 23.6 Å². The molecule has 104 valence electrons. The van der Waals surface area contributed by atoms with Crippen LogP contribution in [0, 0.1) is 0 Å². The van der Waals surface area contributed by atoms with Gasteiger partial charge in [-0.25, -0.2) is 13.4 Å². The van der Waals surface area contributed by atoms with Crippen LogP contribution in [0.25, 0.3) is 0 Å². The normalized spacial score (nSPS) is 12.6. The SMILES string of the molecule is CC(C)NCc1cc(S(=O)(=O)NN(C)C)cn1C. The van der Waals surface area contributed by atoms with E-state index in [0.29, 0.717) is 12.6 Å². The molecule has 0 atom stereocenters. The van der Waals surface area contributed by atoms with Gasteiger partial charge in [0.1, 0.15) is 4.90 Å². The van der Waals surface area contributed by atoms with Crippen molar-refractivity contribution in [3.63, 3.8) is 0 Å². The topological polar surface area (TPSA) is 66.4 Å². The molecule has 0 aliphatic rings. The average Bonchev–Trinajstić information content (AvgIpc) is 2.55. The van der Waals surface area contributed by atoms with E-state index in [1.165, 1.54) is 5.01 Å². The van der Waals surface area contributed by atoms with Gasteiger partial charge in [-0.2, -0.15) is 0 Å². The number of sulfonamides is 1. The van der Waals surface area contributed by atoms with Gasteiger partial charge < -0.3 is 9.88 Å². The highest BCUT2D eigenvalue weighted by molar-refractivity contribution is 7.89. The smallest absolute Gasteiger partial charge is 0.254 e. The van der Waals surface area contributed by atoms with Crippen molar-refractivity contribution < 1.29 is 8.42 Å². The lowest BCUT2D eigenvalue weighted by Crippen LogP contribution is -2.35. The molecule has 1 aromatic heterocycles. The highest BCUT2D eigenvalue weighted by Gasteiger charge is 2.18. The minimum Gasteiger partial charge on any atom is -0.352 e. The van der Waals surface area contributed by atoms with Crippen LogP contribution >= 0.6 is 0 Å². The maximum atomic E-state index is 12.0. The number of hydrogen-bond acceptors (Lipinski definition) is 4. The first-order chi connectivity index (χ1) is 8.22. The summed E-state index contributed by atoms with van der Waals surface area (Å²) >= 11 is 0. The molecule has 0 saturated carbocycles. The first-order valence-corrected chi connectivity index (χ1v) is 7.29. The fourth-order valence-electron chi connectivity index (χ4n) is 1.50. The number of nitrogens with one attached hydrogen (secondary N) is 2. The Morgan fingerprint density at radius 3 is 2.50 bits per heavy atom. The van der Waals surface area contributed by atoms with E-state index in [-0.39, 0.29) is 4.90 Å². The molecule has 0 bridgehead atoms. The molecule has 0 saturated heterocycles. The Balaban J connectivity index is 2.90. The summed E-state index contributed by atoms with van der Waals surface area (Å²) < 4.78 is 25.7. The first-order valence-electron chi connectivity index (χ1n) is 5.81. The molecule has 0 spiro atoms. The number of aryl methyl sites for hydroxylation is 1. The summed E-state index contributed by atoms with van der Waals surface area (Å²) in [5, 5.41) is 4.67. The molecule has 1 rings (SSSR count). The third-order valence-electron chi connectivity index (χ3n) is 2.39. The predicted molar refractivity (Wildman–Crippen MR) is 71.4 cm³/mol. The van der Waals surface area contributed by atoms with Crippen molar-refractivity contribution in [1.29, 1.82) is 0 Å². The Labute approximate surface area is 109 Å². The molecule has 0 fully saturated rings. The summed E-state index contributed by atoms with van der Waals surface area (Å²) in [7, 11) is 1.65. The highest BCUT2D eigenvalue weighted by atomic mass is 32.2. The van der Waals surface area contributed by atoms with E-state index in [0.717, 1.165) is 5.69 Å². The van der Waals surface area contributed by atoms with Crippen molar-refractivity contribution >= 4 is 10.0 Å². The Bertz CT molecular complexity index is 491. The van der Waals surface area contributed by atoms with E-state index in [1.54, 1.807) is 26.4 Å². The lowest BCUT2D eigenvalue weighted by molar-refractivity contribution is 0.364. The maximum Gasteiger partial charge on any atom is 0.254 e. The second-order valence-electron chi connectivity index (χ2n) is 4.80. The molecule has 0 aliphatic carbocycles. The van der Waals surface area contributed by atoms with Crippen LogP contribution in [0.5, 0.6) is 0 Å². The van der Waals surface area contributed by atoms with Crippen molar-refractivity contribution in [2.45, 2.75) is 31.3 Å². The van der Waals surface area contributed by atoms with Gasteiger partial charge in [0.05, 0.1) is 0 Å². The minimum atomic E-state index is -3.47. The van der Waals surface area contributed by atoms with Gasteiger partial charge in [-0.05, 0) is 6.07 Å².